The third-order valence-electron chi connectivity index (χ3n) is 6.50. The van der Waals surface area contributed by atoms with Gasteiger partial charge in [0.1, 0.15) is 16.1 Å². The first-order valence-corrected chi connectivity index (χ1v) is 16.3. The van der Waals surface area contributed by atoms with Crippen LogP contribution in [-0.4, -0.2) is 54.2 Å². The van der Waals surface area contributed by atoms with Crippen molar-refractivity contribution in [2.75, 3.05) is 20.3 Å². The fourth-order valence-electron chi connectivity index (χ4n) is 4.04. The maximum atomic E-state index is 16.4. The van der Waals surface area contributed by atoms with Gasteiger partial charge in [0.15, 0.2) is 5.54 Å². The number of methoxy groups -OCH3 is 1. The molecule has 0 aliphatic heterocycles. The van der Waals surface area contributed by atoms with E-state index < -0.39 is 59.2 Å². The molecule has 0 saturated heterocycles. The highest BCUT2D eigenvalue weighted by Crippen LogP contribution is 2.43. The number of hydrogen-bond donors (Lipinski definition) is 1. The van der Waals surface area contributed by atoms with Gasteiger partial charge in [0.25, 0.3) is 0 Å². The van der Waals surface area contributed by atoms with E-state index >= 15 is 13.2 Å². The van der Waals surface area contributed by atoms with Gasteiger partial charge in [-0.05, 0) is 54.9 Å². The molecule has 0 fully saturated rings. The average molecular weight is 604 g/mol. The molecule has 0 aliphatic rings. The van der Waals surface area contributed by atoms with E-state index in [0.29, 0.717) is 23.3 Å². The van der Waals surface area contributed by atoms with E-state index in [1.165, 1.54) is 14.0 Å². The Labute approximate surface area is 218 Å². The number of aromatic nitrogens is 1. The minimum Gasteiger partial charge on any atom is -0.461 e. The van der Waals surface area contributed by atoms with Crippen LogP contribution >= 0.6 is 15.9 Å². The molecular formula is C23H38BrF3N2O4SSi. The van der Waals surface area contributed by atoms with Gasteiger partial charge in [-0.3, -0.25) is 0 Å². The molecule has 1 heterocycles. The van der Waals surface area contributed by atoms with E-state index in [1.807, 2.05) is 20.8 Å². The molecule has 1 N–H and O–H groups in total. The smallest absolute Gasteiger partial charge is 0.379 e. The zero-order valence-corrected chi connectivity index (χ0v) is 25.2. The van der Waals surface area contributed by atoms with Crippen LogP contribution in [0.15, 0.2) is 10.7 Å². The summed E-state index contributed by atoms with van der Waals surface area (Å²) >= 11 is 3.28. The Morgan fingerprint density at radius 1 is 1.17 bits per heavy atom. The number of rotatable bonds is 13. The third kappa shape index (κ3) is 6.55. The monoisotopic (exact) mass is 602 g/mol. The van der Waals surface area contributed by atoms with E-state index in [9.17, 15) is 9.00 Å². The van der Waals surface area contributed by atoms with Crippen LogP contribution in [-0.2, 0) is 30.8 Å². The van der Waals surface area contributed by atoms with Crippen molar-refractivity contribution in [2.45, 2.75) is 89.2 Å². The quantitative estimate of drug-likeness (QED) is 0.191. The normalized spacial score (nSPS) is 15.5. The highest BCUT2D eigenvalue weighted by Gasteiger charge is 2.64. The SMILES string of the molecule is CCOC(=O)C(F)(F)[C@](CCOC)(NS(=O)C(C)(C)C)c1nc(Br)cc([Si](CC)(CC)CC)c1F. The average Bonchev–Trinajstić information content (AvgIpc) is 2.79. The van der Waals surface area contributed by atoms with Crippen molar-refractivity contribution in [3.8, 4) is 0 Å². The van der Waals surface area contributed by atoms with Crippen molar-refractivity contribution in [2.24, 2.45) is 0 Å². The molecule has 1 aromatic heterocycles. The molecule has 0 saturated carbocycles. The number of carbonyl (C=O) groups excluding carboxylic acids is 1. The van der Waals surface area contributed by atoms with Gasteiger partial charge in [0.05, 0.1) is 30.4 Å². The summed E-state index contributed by atoms with van der Waals surface area (Å²) in [6.07, 6.45) is -0.587. The number of esters is 1. The highest BCUT2D eigenvalue weighted by atomic mass is 79.9. The van der Waals surface area contributed by atoms with Crippen LogP contribution in [0.3, 0.4) is 0 Å². The molecule has 0 spiro atoms. The first-order chi connectivity index (χ1) is 16.1. The van der Waals surface area contributed by atoms with Gasteiger partial charge >= 0.3 is 11.9 Å². The van der Waals surface area contributed by atoms with Gasteiger partial charge in [-0.15, -0.1) is 0 Å². The number of hydrogen-bond acceptors (Lipinski definition) is 5. The molecule has 6 nitrogen and oxygen atoms in total. The summed E-state index contributed by atoms with van der Waals surface area (Å²) in [4.78, 5) is 16.8. The summed E-state index contributed by atoms with van der Waals surface area (Å²) in [6.45, 7) is 11.4. The van der Waals surface area contributed by atoms with E-state index in [-0.39, 0.29) is 17.8 Å². The minimum atomic E-state index is -4.33. The molecule has 1 rings (SSSR count). The van der Waals surface area contributed by atoms with Gasteiger partial charge in [0.2, 0.25) is 0 Å². The van der Waals surface area contributed by atoms with Crippen LogP contribution in [0.4, 0.5) is 13.2 Å². The van der Waals surface area contributed by atoms with Crippen molar-refractivity contribution >= 4 is 46.1 Å². The van der Waals surface area contributed by atoms with E-state index in [4.69, 9.17) is 9.47 Å². The van der Waals surface area contributed by atoms with Crippen molar-refractivity contribution in [3.63, 3.8) is 0 Å². The number of alkyl halides is 2. The standard InChI is InChI=1S/C23H38BrF3N2O4SSi/c1-9-33-20(30)23(26,27)22(13-14-32-8,29-34(31)21(5,6)7)19-18(25)16(15-17(24)28-19)35(10-2,11-3)12-4/h15,29H,9-14H2,1-8H3/t22-,34?/m1/s1. The lowest BCUT2D eigenvalue weighted by Gasteiger charge is -2.41. The number of carbonyl (C=O) groups is 1. The molecule has 1 aromatic rings. The molecule has 202 valence electrons. The summed E-state index contributed by atoms with van der Waals surface area (Å²) in [5, 5.41) is 0.340. The molecule has 1 unspecified atom stereocenters. The Bertz CT molecular complexity index is 905. The Morgan fingerprint density at radius 3 is 2.14 bits per heavy atom. The number of ether oxygens (including phenoxy) is 2. The van der Waals surface area contributed by atoms with Gasteiger partial charge < -0.3 is 9.47 Å². The van der Waals surface area contributed by atoms with Crippen LogP contribution in [0, 0.1) is 5.82 Å². The van der Waals surface area contributed by atoms with Gasteiger partial charge in [0, 0.05) is 20.1 Å². The van der Waals surface area contributed by atoms with Crippen molar-refractivity contribution in [1.29, 1.82) is 0 Å². The Balaban J connectivity index is 4.18. The van der Waals surface area contributed by atoms with Gasteiger partial charge in [-0.25, -0.2) is 23.1 Å². The number of nitrogens with zero attached hydrogens (tertiary/aromatic N) is 1. The number of nitrogens with one attached hydrogen (secondary N) is 1. The van der Waals surface area contributed by atoms with Crippen molar-refractivity contribution < 1.29 is 31.6 Å². The van der Waals surface area contributed by atoms with Crippen LogP contribution in [0.1, 0.15) is 60.6 Å². The van der Waals surface area contributed by atoms with Crippen molar-refractivity contribution in [1.82, 2.24) is 9.71 Å². The van der Waals surface area contributed by atoms with Crippen LogP contribution in [0.5, 0.6) is 0 Å². The van der Waals surface area contributed by atoms with Crippen LogP contribution < -0.4 is 9.91 Å². The fourth-order valence-corrected chi connectivity index (χ4v) is 9.27. The largest absolute Gasteiger partial charge is 0.461 e. The summed E-state index contributed by atoms with van der Waals surface area (Å²) in [6, 6.07) is 3.61. The first kappa shape index (κ1) is 32.2. The zero-order valence-electron chi connectivity index (χ0n) is 21.8. The molecule has 2 atom stereocenters. The Morgan fingerprint density at radius 2 is 1.71 bits per heavy atom. The highest BCUT2D eigenvalue weighted by molar-refractivity contribution is 9.10. The van der Waals surface area contributed by atoms with Gasteiger partial charge in [-0.2, -0.15) is 8.78 Å². The summed E-state index contributed by atoms with van der Waals surface area (Å²) < 4.78 is 73.3. The second-order valence-electron chi connectivity index (χ2n) is 9.42. The topological polar surface area (TPSA) is 77.5 Å². The van der Waals surface area contributed by atoms with Crippen molar-refractivity contribution in [3.05, 3.63) is 22.2 Å². The molecule has 0 aromatic carbocycles. The Hall–Kier alpha value is -0.823. The molecule has 0 aliphatic carbocycles. The minimum absolute atomic E-state index is 0.154. The first-order valence-electron chi connectivity index (χ1n) is 11.7. The molecule has 35 heavy (non-hydrogen) atoms. The predicted octanol–water partition coefficient (Wildman–Crippen LogP) is 5.18. The van der Waals surface area contributed by atoms with Crippen LogP contribution in [0.2, 0.25) is 18.1 Å². The van der Waals surface area contributed by atoms with Crippen LogP contribution in [0.25, 0.3) is 0 Å². The molecule has 0 bridgehead atoms. The van der Waals surface area contributed by atoms with Gasteiger partial charge in [-0.1, -0.05) is 38.9 Å². The molecule has 12 heteroatoms. The molecule has 0 amide bonds. The summed E-state index contributed by atoms with van der Waals surface area (Å²) in [7, 11) is -3.26. The maximum Gasteiger partial charge on any atom is 0.379 e. The summed E-state index contributed by atoms with van der Waals surface area (Å²) in [5.74, 6) is -7.10. The second kappa shape index (κ2) is 12.6. The van der Waals surface area contributed by atoms with E-state index in [0.717, 1.165) is 0 Å². The molecular weight excluding hydrogens is 565 g/mol. The summed E-state index contributed by atoms with van der Waals surface area (Å²) in [5.41, 5.74) is -3.48. The molecule has 0 radical (unpaired) electrons. The maximum absolute atomic E-state index is 16.4. The second-order valence-corrected chi connectivity index (χ2v) is 17.4. The Kier molecular flexibility index (Phi) is 11.6. The lowest BCUT2D eigenvalue weighted by atomic mass is 9.84. The fraction of sp³-hybridized carbons (Fsp3) is 0.739. The predicted molar refractivity (Wildman–Crippen MR) is 140 cm³/mol. The van der Waals surface area contributed by atoms with E-state index in [1.54, 1.807) is 26.8 Å². The number of halogens is 4. The lowest BCUT2D eigenvalue weighted by molar-refractivity contribution is -0.187. The number of pyridine rings is 1. The third-order valence-corrected chi connectivity index (χ3v) is 14.1. The zero-order chi connectivity index (χ0) is 27.2. The van der Waals surface area contributed by atoms with E-state index in [2.05, 4.69) is 25.6 Å². The lowest BCUT2D eigenvalue weighted by Crippen LogP contribution is -2.64.